The number of likely N-dealkylation sites (N-methyl/N-ethyl adjacent to an activating group) is 1. The lowest BCUT2D eigenvalue weighted by Crippen LogP contribution is -2.41. The average molecular weight is 514 g/mol. The highest BCUT2D eigenvalue weighted by Gasteiger charge is 2.21. The second-order valence-corrected chi connectivity index (χ2v) is 9.61. The normalized spacial score (nSPS) is 11.0. The minimum Gasteiger partial charge on any atom is -0.328 e. The third-order valence-electron chi connectivity index (χ3n) is 6.15. The van der Waals surface area contributed by atoms with Gasteiger partial charge in [-0.25, -0.2) is 9.37 Å². The van der Waals surface area contributed by atoms with Gasteiger partial charge in [-0.2, -0.15) is 0 Å². The number of nitrogens with one attached hydrogen (secondary N) is 1. The summed E-state index contributed by atoms with van der Waals surface area (Å²) in [7, 11) is 3.79. The van der Waals surface area contributed by atoms with E-state index < -0.39 is 5.82 Å². The molecule has 7 nitrogen and oxygen atoms in total. The number of anilines is 1. The molecule has 0 spiro atoms. The second kappa shape index (κ2) is 11.8. The van der Waals surface area contributed by atoms with Crippen LogP contribution < -0.4 is 5.32 Å². The summed E-state index contributed by atoms with van der Waals surface area (Å²) in [5.41, 5.74) is 5.08. The number of hydrogen-bond donors (Lipinski definition) is 1. The Bertz CT molecular complexity index is 1390. The van der Waals surface area contributed by atoms with Gasteiger partial charge in [0.15, 0.2) is 0 Å². The Balaban J connectivity index is 1.60. The summed E-state index contributed by atoms with van der Waals surface area (Å²) in [5, 5.41) is 2.90. The van der Waals surface area contributed by atoms with E-state index in [1.54, 1.807) is 0 Å². The van der Waals surface area contributed by atoms with Gasteiger partial charge in [0.25, 0.3) is 5.91 Å². The van der Waals surface area contributed by atoms with Crippen molar-refractivity contribution < 1.29 is 14.0 Å². The number of imidazole rings is 1. The van der Waals surface area contributed by atoms with Gasteiger partial charge in [-0.15, -0.1) is 0 Å². The maximum Gasteiger partial charge on any atom is 0.254 e. The molecule has 0 saturated carbocycles. The fraction of sp³-hybridized carbons (Fsp3) is 0.233. The van der Waals surface area contributed by atoms with Crippen molar-refractivity contribution in [1.82, 2.24) is 19.4 Å². The first-order valence-corrected chi connectivity index (χ1v) is 12.4. The molecule has 3 aromatic carbocycles. The zero-order chi connectivity index (χ0) is 27.2. The minimum absolute atomic E-state index is 0.176. The van der Waals surface area contributed by atoms with E-state index in [0.717, 1.165) is 22.4 Å². The summed E-state index contributed by atoms with van der Waals surface area (Å²) in [4.78, 5) is 34.5. The van der Waals surface area contributed by atoms with Gasteiger partial charge in [-0.05, 0) is 64.3 Å². The van der Waals surface area contributed by atoms with Crippen LogP contribution >= 0.6 is 0 Å². The van der Waals surface area contributed by atoms with Crippen molar-refractivity contribution in [2.75, 3.05) is 39.0 Å². The summed E-state index contributed by atoms with van der Waals surface area (Å²) in [6, 6.07) is 21.3. The average Bonchev–Trinajstić information content (AvgIpc) is 3.30. The molecular formula is C30H32FN5O2. The lowest BCUT2D eigenvalue weighted by atomic mass is 10.1. The molecule has 0 aliphatic carbocycles. The van der Waals surface area contributed by atoms with Crippen molar-refractivity contribution in [1.29, 1.82) is 0 Å². The summed E-state index contributed by atoms with van der Waals surface area (Å²) in [5.74, 6) is -0.791. The first-order valence-electron chi connectivity index (χ1n) is 12.4. The Morgan fingerprint density at radius 2 is 1.47 bits per heavy atom. The van der Waals surface area contributed by atoms with Crippen LogP contribution in [0.25, 0.3) is 16.9 Å². The van der Waals surface area contributed by atoms with Gasteiger partial charge in [-0.3, -0.25) is 19.5 Å². The van der Waals surface area contributed by atoms with Crippen molar-refractivity contribution in [3.05, 3.63) is 102 Å². The zero-order valence-electron chi connectivity index (χ0n) is 22.1. The Morgan fingerprint density at radius 1 is 0.868 bits per heavy atom. The fourth-order valence-corrected chi connectivity index (χ4v) is 3.92. The third kappa shape index (κ3) is 6.72. The predicted octanol–water partition coefficient (Wildman–Crippen LogP) is 4.94. The monoisotopic (exact) mass is 513 g/mol. The number of rotatable bonds is 9. The van der Waals surface area contributed by atoms with Crippen molar-refractivity contribution in [2.45, 2.75) is 13.8 Å². The SMILES string of the molecule is Cc1ccc(-c2cn(-c3ccc(C)cc3)c(NC(=O)CN(CCN(C)C)C(=O)c3ccc(F)cc3)n2)cc1. The number of aromatic nitrogens is 2. The van der Waals surface area contributed by atoms with E-state index in [4.69, 9.17) is 4.98 Å². The number of hydrogen-bond acceptors (Lipinski definition) is 4. The molecule has 8 heteroatoms. The summed E-state index contributed by atoms with van der Waals surface area (Å²) in [6.07, 6.45) is 1.89. The topological polar surface area (TPSA) is 70.5 Å². The summed E-state index contributed by atoms with van der Waals surface area (Å²) < 4.78 is 15.2. The number of carbonyl (C=O) groups is 2. The molecule has 0 aliphatic heterocycles. The van der Waals surface area contributed by atoms with Crippen LogP contribution in [0.5, 0.6) is 0 Å². The Kier molecular flexibility index (Phi) is 8.33. The predicted molar refractivity (Wildman–Crippen MR) is 148 cm³/mol. The highest BCUT2D eigenvalue weighted by Crippen LogP contribution is 2.25. The van der Waals surface area contributed by atoms with Crippen LogP contribution in [0.3, 0.4) is 0 Å². The number of amides is 2. The molecule has 4 rings (SSSR count). The molecule has 0 saturated heterocycles. The smallest absolute Gasteiger partial charge is 0.254 e. The molecule has 1 heterocycles. The number of aryl methyl sites for hydroxylation is 2. The van der Waals surface area contributed by atoms with Crippen molar-refractivity contribution in [3.63, 3.8) is 0 Å². The van der Waals surface area contributed by atoms with Gasteiger partial charge in [0, 0.05) is 36.1 Å². The summed E-state index contributed by atoms with van der Waals surface area (Å²) >= 11 is 0. The van der Waals surface area contributed by atoms with Crippen molar-refractivity contribution >= 4 is 17.8 Å². The van der Waals surface area contributed by atoms with Crippen LogP contribution in [-0.4, -0.2) is 64.9 Å². The van der Waals surface area contributed by atoms with Gasteiger partial charge >= 0.3 is 0 Å². The molecule has 0 aliphatic rings. The molecule has 0 atom stereocenters. The van der Waals surface area contributed by atoms with Gasteiger partial charge < -0.3 is 9.80 Å². The number of nitrogens with zero attached hydrogens (tertiary/aromatic N) is 4. The molecule has 1 N–H and O–H groups in total. The van der Waals surface area contributed by atoms with Gasteiger partial charge in [0.05, 0.1) is 5.69 Å². The molecule has 38 heavy (non-hydrogen) atoms. The van der Waals surface area contributed by atoms with E-state index in [9.17, 15) is 14.0 Å². The third-order valence-corrected chi connectivity index (χ3v) is 6.15. The first kappa shape index (κ1) is 26.8. The highest BCUT2D eigenvalue weighted by molar-refractivity contribution is 5.99. The zero-order valence-corrected chi connectivity index (χ0v) is 22.1. The van der Waals surface area contributed by atoms with E-state index in [1.165, 1.54) is 29.2 Å². The maximum absolute atomic E-state index is 13.4. The van der Waals surface area contributed by atoms with E-state index in [2.05, 4.69) is 5.32 Å². The fourth-order valence-electron chi connectivity index (χ4n) is 3.92. The number of carbonyl (C=O) groups excluding carboxylic acids is 2. The highest BCUT2D eigenvalue weighted by atomic mass is 19.1. The molecule has 196 valence electrons. The van der Waals surface area contributed by atoms with E-state index in [-0.39, 0.29) is 18.4 Å². The number of halogens is 1. The molecule has 0 bridgehead atoms. The molecule has 0 fully saturated rings. The van der Waals surface area contributed by atoms with Gasteiger partial charge in [0.2, 0.25) is 11.9 Å². The quantitative estimate of drug-likeness (QED) is 0.344. The minimum atomic E-state index is -0.425. The van der Waals surface area contributed by atoms with Crippen LogP contribution in [0, 0.1) is 19.7 Å². The first-order chi connectivity index (χ1) is 18.2. The van der Waals surface area contributed by atoms with E-state index in [1.807, 2.05) is 92.1 Å². The molecule has 0 radical (unpaired) electrons. The molecule has 0 unspecified atom stereocenters. The van der Waals surface area contributed by atoms with Crippen LogP contribution in [0.2, 0.25) is 0 Å². The largest absolute Gasteiger partial charge is 0.328 e. The molecule has 2 amide bonds. The van der Waals surface area contributed by atoms with Crippen molar-refractivity contribution in [3.8, 4) is 16.9 Å². The van der Waals surface area contributed by atoms with E-state index in [0.29, 0.717) is 30.3 Å². The Morgan fingerprint density at radius 3 is 2.08 bits per heavy atom. The molecule has 1 aromatic heterocycles. The van der Waals surface area contributed by atoms with E-state index >= 15 is 0 Å². The van der Waals surface area contributed by atoms with Crippen molar-refractivity contribution in [2.24, 2.45) is 0 Å². The summed E-state index contributed by atoms with van der Waals surface area (Å²) in [6.45, 7) is 4.76. The lowest BCUT2D eigenvalue weighted by Gasteiger charge is -2.24. The lowest BCUT2D eigenvalue weighted by molar-refractivity contribution is -0.117. The van der Waals surface area contributed by atoms with Crippen LogP contribution in [0.1, 0.15) is 21.5 Å². The Hall–Kier alpha value is -4.30. The Labute approximate surface area is 222 Å². The molecular weight excluding hydrogens is 481 g/mol. The standard InChI is InChI=1S/C30H32FN5O2/c1-21-5-9-23(10-6-21)27-19-36(26-15-7-22(2)8-16-26)30(32-27)33-28(37)20-35(18-17-34(3)4)29(38)24-11-13-25(31)14-12-24/h5-16,19H,17-18,20H2,1-4H3,(H,32,33,37). The number of benzene rings is 3. The van der Waals surface area contributed by atoms with Crippen LogP contribution in [0.4, 0.5) is 10.3 Å². The van der Waals surface area contributed by atoms with Gasteiger partial charge in [0.1, 0.15) is 12.4 Å². The molecule has 4 aromatic rings. The maximum atomic E-state index is 13.4. The van der Waals surface area contributed by atoms with Crippen LogP contribution in [0.15, 0.2) is 79.0 Å². The van der Waals surface area contributed by atoms with Crippen LogP contribution in [-0.2, 0) is 4.79 Å². The second-order valence-electron chi connectivity index (χ2n) is 9.61. The van der Waals surface area contributed by atoms with Gasteiger partial charge in [-0.1, -0.05) is 47.5 Å².